The summed E-state index contributed by atoms with van der Waals surface area (Å²) in [5.41, 5.74) is 0. The Labute approximate surface area is 128 Å². The SMILES string of the molecule is COc1ccsc1S(=O)(=O)N1C[C@@H](C(F)(F)F)[C@H](C(=O)O)C1. The van der Waals surface area contributed by atoms with Crippen molar-refractivity contribution >= 4 is 27.3 Å². The van der Waals surface area contributed by atoms with E-state index in [1.54, 1.807) is 0 Å². The molecule has 2 rings (SSSR count). The second kappa shape index (κ2) is 5.70. The van der Waals surface area contributed by atoms with E-state index in [0.29, 0.717) is 4.31 Å². The summed E-state index contributed by atoms with van der Waals surface area (Å²) in [6.45, 7) is -1.63. The topological polar surface area (TPSA) is 83.9 Å². The van der Waals surface area contributed by atoms with E-state index in [-0.39, 0.29) is 9.96 Å². The first-order valence-electron chi connectivity index (χ1n) is 6.00. The van der Waals surface area contributed by atoms with Gasteiger partial charge in [0.15, 0.2) is 4.21 Å². The highest BCUT2D eigenvalue weighted by atomic mass is 32.2. The summed E-state index contributed by atoms with van der Waals surface area (Å²) < 4.78 is 68.8. The van der Waals surface area contributed by atoms with Crippen molar-refractivity contribution in [2.45, 2.75) is 10.4 Å². The van der Waals surface area contributed by atoms with Crippen LogP contribution in [0.2, 0.25) is 0 Å². The van der Waals surface area contributed by atoms with Crippen LogP contribution in [0, 0.1) is 11.8 Å². The summed E-state index contributed by atoms with van der Waals surface area (Å²) in [6.07, 6.45) is -4.78. The minimum Gasteiger partial charge on any atom is -0.494 e. The molecule has 0 unspecified atom stereocenters. The monoisotopic (exact) mass is 359 g/mol. The van der Waals surface area contributed by atoms with Crippen molar-refractivity contribution in [3.8, 4) is 5.75 Å². The number of rotatable bonds is 4. The number of carboxylic acid groups (broad SMARTS) is 1. The van der Waals surface area contributed by atoms with Crippen molar-refractivity contribution in [2.24, 2.45) is 11.8 Å². The molecule has 1 fully saturated rings. The van der Waals surface area contributed by atoms with Crippen molar-refractivity contribution in [2.75, 3.05) is 20.2 Å². The number of nitrogens with zero attached hydrogens (tertiary/aromatic N) is 1. The molecular weight excluding hydrogens is 347 g/mol. The summed E-state index contributed by atoms with van der Waals surface area (Å²) >= 11 is 0.803. The zero-order valence-electron chi connectivity index (χ0n) is 11.2. The second-order valence-electron chi connectivity index (χ2n) is 4.69. The predicted molar refractivity (Wildman–Crippen MR) is 70.3 cm³/mol. The number of methoxy groups -OCH3 is 1. The molecule has 0 amide bonds. The first-order valence-corrected chi connectivity index (χ1v) is 8.32. The second-order valence-corrected chi connectivity index (χ2v) is 7.74. The number of thiophene rings is 1. The first-order chi connectivity index (χ1) is 10.1. The van der Waals surface area contributed by atoms with Crippen LogP contribution in [0.1, 0.15) is 0 Å². The van der Waals surface area contributed by atoms with Gasteiger partial charge in [0.2, 0.25) is 0 Å². The third-order valence-electron chi connectivity index (χ3n) is 3.41. The minimum atomic E-state index is -4.78. The molecule has 1 aromatic rings. The summed E-state index contributed by atoms with van der Waals surface area (Å²) in [4.78, 5) is 11.0. The van der Waals surface area contributed by atoms with Crippen LogP contribution in [0.15, 0.2) is 15.7 Å². The lowest BCUT2D eigenvalue weighted by Crippen LogP contribution is -2.34. The molecule has 22 heavy (non-hydrogen) atoms. The maximum atomic E-state index is 12.9. The number of ether oxygens (including phenoxy) is 1. The molecule has 11 heteroatoms. The molecule has 1 aliphatic rings. The number of hydrogen-bond acceptors (Lipinski definition) is 5. The maximum absolute atomic E-state index is 12.9. The Morgan fingerprint density at radius 1 is 1.45 bits per heavy atom. The highest BCUT2D eigenvalue weighted by Crippen LogP contribution is 2.41. The van der Waals surface area contributed by atoms with Gasteiger partial charge in [0.25, 0.3) is 10.0 Å². The van der Waals surface area contributed by atoms with Crippen LogP contribution in [0.4, 0.5) is 13.2 Å². The van der Waals surface area contributed by atoms with E-state index in [0.717, 1.165) is 11.3 Å². The Morgan fingerprint density at radius 2 is 2.09 bits per heavy atom. The summed E-state index contributed by atoms with van der Waals surface area (Å²) in [6, 6.07) is 1.38. The fraction of sp³-hybridized carbons (Fsp3) is 0.545. The number of carboxylic acids is 1. The smallest absolute Gasteiger partial charge is 0.393 e. The van der Waals surface area contributed by atoms with Gasteiger partial charge >= 0.3 is 12.1 Å². The molecule has 0 saturated carbocycles. The molecule has 0 aromatic carbocycles. The molecule has 0 aliphatic carbocycles. The Morgan fingerprint density at radius 3 is 2.55 bits per heavy atom. The van der Waals surface area contributed by atoms with Gasteiger partial charge in [-0.25, -0.2) is 8.42 Å². The molecule has 0 radical (unpaired) electrons. The fourth-order valence-corrected chi connectivity index (χ4v) is 5.19. The molecule has 0 spiro atoms. The van der Waals surface area contributed by atoms with E-state index in [9.17, 15) is 26.4 Å². The van der Waals surface area contributed by atoms with E-state index in [2.05, 4.69) is 0 Å². The van der Waals surface area contributed by atoms with Crippen molar-refractivity contribution in [3.05, 3.63) is 11.4 Å². The molecule has 2 atom stereocenters. The van der Waals surface area contributed by atoms with Gasteiger partial charge in [-0.2, -0.15) is 17.5 Å². The fourth-order valence-electron chi connectivity index (χ4n) is 2.29. The van der Waals surface area contributed by atoms with Gasteiger partial charge < -0.3 is 9.84 Å². The van der Waals surface area contributed by atoms with E-state index >= 15 is 0 Å². The Kier molecular flexibility index (Phi) is 4.42. The normalized spacial score (nSPS) is 23.6. The predicted octanol–water partition coefficient (Wildman–Crippen LogP) is 1.64. The van der Waals surface area contributed by atoms with Crippen molar-refractivity contribution in [1.29, 1.82) is 0 Å². The van der Waals surface area contributed by atoms with E-state index < -0.39 is 47.1 Å². The lowest BCUT2D eigenvalue weighted by atomic mass is 9.96. The van der Waals surface area contributed by atoms with Gasteiger partial charge in [0.05, 0.1) is 18.9 Å². The Balaban J connectivity index is 2.36. The number of hydrogen-bond donors (Lipinski definition) is 1. The third kappa shape index (κ3) is 2.92. The highest BCUT2D eigenvalue weighted by Gasteiger charge is 2.55. The third-order valence-corrected chi connectivity index (χ3v) is 6.67. The molecule has 1 saturated heterocycles. The van der Waals surface area contributed by atoms with Crippen LogP contribution >= 0.6 is 11.3 Å². The van der Waals surface area contributed by atoms with Gasteiger partial charge in [-0.1, -0.05) is 0 Å². The molecule has 1 aromatic heterocycles. The van der Waals surface area contributed by atoms with E-state index in [1.807, 2.05) is 0 Å². The zero-order valence-corrected chi connectivity index (χ0v) is 12.8. The molecule has 1 aliphatic heterocycles. The number of alkyl halides is 3. The summed E-state index contributed by atoms with van der Waals surface area (Å²) in [5, 5.41) is 10.3. The van der Waals surface area contributed by atoms with Gasteiger partial charge in [0, 0.05) is 13.1 Å². The standard InChI is InChI=1S/C11H12F3NO5S2/c1-20-8-2-3-21-10(8)22(18,19)15-4-6(9(16)17)7(5-15)11(12,13)14/h2-3,6-7H,4-5H2,1H3,(H,16,17)/t6-,7-/m1/s1. The van der Waals surface area contributed by atoms with Crippen molar-refractivity contribution in [3.63, 3.8) is 0 Å². The molecule has 6 nitrogen and oxygen atoms in total. The average molecular weight is 359 g/mol. The Bertz CT molecular complexity index is 670. The molecule has 1 N–H and O–H groups in total. The molecule has 0 bridgehead atoms. The van der Waals surface area contributed by atoms with E-state index in [1.165, 1.54) is 18.6 Å². The summed E-state index contributed by atoms with van der Waals surface area (Å²) in [7, 11) is -2.99. The number of carbonyl (C=O) groups is 1. The van der Waals surface area contributed by atoms with Gasteiger partial charge in [0.1, 0.15) is 5.75 Å². The van der Waals surface area contributed by atoms with Crippen LogP contribution in [-0.2, 0) is 14.8 Å². The van der Waals surface area contributed by atoms with Crippen LogP contribution in [0.5, 0.6) is 5.75 Å². The van der Waals surface area contributed by atoms with Crippen molar-refractivity contribution < 1.29 is 36.2 Å². The number of halogens is 3. The highest BCUT2D eigenvalue weighted by molar-refractivity contribution is 7.91. The Hall–Kier alpha value is -1.33. The minimum absolute atomic E-state index is 0.0207. The average Bonchev–Trinajstić information content (AvgIpc) is 3.05. The largest absolute Gasteiger partial charge is 0.494 e. The lowest BCUT2D eigenvalue weighted by molar-refractivity contribution is -0.187. The quantitative estimate of drug-likeness (QED) is 0.884. The molecule has 124 valence electrons. The summed E-state index contributed by atoms with van der Waals surface area (Å²) in [5.74, 6) is -5.70. The van der Waals surface area contributed by atoms with Crippen LogP contribution in [0.25, 0.3) is 0 Å². The van der Waals surface area contributed by atoms with E-state index in [4.69, 9.17) is 9.84 Å². The van der Waals surface area contributed by atoms with Crippen LogP contribution in [0.3, 0.4) is 0 Å². The van der Waals surface area contributed by atoms with Crippen LogP contribution in [-0.4, -0.2) is 50.2 Å². The lowest BCUT2D eigenvalue weighted by Gasteiger charge is -2.18. The van der Waals surface area contributed by atoms with Crippen LogP contribution < -0.4 is 4.74 Å². The maximum Gasteiger partial charge on any atom is 0.393 e. The van der Waals surface area contributed by atoms with Crippen molar-refractivity contribution in [1.82, 2.24) is 4.31 Å². The number of aliphatic carboxylic acids is 1. The zero-order chi connectivity index (χ0) is 16.7. The first kappa shape index (κ1) is 17.0. The van der Waals surface area contributed by atoms with Gasteiger partial charge in [-0.15, -0.1) is 11.3 Å². The van der Waals surface area contributed by atoms with Gasteiger partial charge in [-0.3, -0.25) is 4.79 Å². The molecule has 2 heterocycles. The molecular formula is C11H12F3NO5S2. The number of sulfonamides is 1. The van der Waals surface area contributed by atoms with Gasteiger partial charge in [-0.05, 0) is 11.4 Å².